The second-order valence-electron chi connectivity index (χ2n) is 6.01. The highest BCUT2D eigenvalue weighted by Gasteiger charge is 2.32. The van der Waals surface area contributed by atoms with Crippen LogP contribution in [0, 0.1) is 0 Å². The van der Waals surface area contributed by atoms with Gasteiger partial charge in [-0.15, -0.1) is 0 Å². The molecule has 24 heavy (non-hydrogen) atoms. The summed E-state index contributed by atoms with van der Waals surface area (Å²) in [5.41, 5.74) is 1.18. The number of H-pyrrole nitrogens is 1. The van der Waals surface area contributed by atoms with Crippen molar-refractivity contribution in [1.29, 1.82) is 0 Å². The van der Waals surface area contributed by atoms with Crippen molar-refractivity contribution < 1.29 is 14.3 Å². The summed E-state index contributed by atoms with van der Waals surface area (Å²) in [6.07, 6.45) is 2.08. The Balaban J connectivity index is 1.77. The Morgan fingerprint density at radius 1 is 1.21 bits per heavy atom. The van der Waals surface area contributed by atoms with Crippen LogP contribution in [0.15, 0.2) is 51.9 Å². The third-order valence-corrected chi connectivity index (χ3v) is 4.46. The smallest absolute Gasteiger partial charge is 0.256 e. The van der Waals surface area contributed by atoms with Gasteiger partial charge < -0.3 is 19.8 Å². The fraction of sp³-hybridized carbons (Fsp3) is 0.222. The molecule has 2 atom stereocenters. The van der Waals surface area contributed by atoms with Crippen molar-refractivity contribution in [3.05, 3.63) is 58.6 Å². The van der Waals surface area contributed by atoms with Crippen LogP contribution >= 0.6 is 0 Å². The van der Waals surface area contributed by atoms with Crippen molar-refractivity contribution in [2.75, 3.05) is 6.61 Å². The fourth-order valence-electron chi connectivity index (χ4n) is 3.22. The van der Waals surface area contributed by atoms with E-state index in [-0.39, 0.29) is 30.0 Å². The van der Waals surface area contributed by atoms with Crippen LogP contribution in [0.2, 0.25) is 0 Å². The highest BCUT2D eigenvalue weighted by molar-refractivity contribution is 5.90. The predicted molar refractivity (Wildman–Crippen MR) is 88.6 cm³/mol. The SMILES string of the molecule is O=C1NC(CO)C[C@@H]1c1ccc2cc(-c3ccco3)[nH]c(=O)c2c1. The molecule has 1 saturated heterocycles. The molecule has 3 heterocycles. The molecule has 0 bridgehead atoms. The predicted octanol–water partition coefficient (Wildman–Crippen LogP) is 1.75. The Bertz CT molecular complexity index is 959. The number of hydrogen-bond acceptors (Lipinski definition) is 4. The van der Waals surface area contributed by atoms with E-state index in [1.807, 2.05) is 18.2 Å². The average molecular weight is 324 g/mol. The number of furan rings is 1. The highest BCUT2D eigenvalue weighted by atomic mass is 16.3. The van der Waals surface area contributed by atoms with Crippen molar-refractivity contribution in [2.24, 2.45) is 0 Å². The fourth-order valence-corrected chi connectivity index (χ4v) is 3.22. The molecular formula is C18H16N2O4. The number of carbonyl (C=O) groups excluding carboxylic acids is 1. The second kappa shape index (κ2) is 5.65. The molecule has 3 aromatic rings. The highest BCUT2D eigenvalue weighted by Crippen LogP contribution is 2.29. The zero-order valence-electron chi connectivity index (χ0n) is 12.8. The second-order valence-corrected chi connectivity index (χ2v) is 6.01. The maximum Gasteiger partial charge on any atom is 0.256 e. The van der Waals surface area contributed by atoms with Crippen molar-refractivity contribution in [1.82, 2.24) is 10.3 Å². The van der Waals surface area contributed by atoms with Gasteiger partial charge in [-0.1, -0.05) is 12.1 Å². The van der Waals surface area contributed by atoms with Gasteiger partial charge in [0.1, 0.15) is 5.76 Å². The van der Waals surface area contributed by atoms with Crippen LogP contribution in [0.1, 0.15) is 17.9 Å². The first-order chi connectivity index (χ1) is 11.7. The number of fused-ring (bicyclic) bond motifs is 1. The average Bonchev–Trinajstić information content (AvgIpc) is 3.24. The summed E-state index contributed by atoms with van der Waals surface area (Å²) in [5, 5.41) is 13.3. The zero-order valence-corrected chi connectivity index (χ0v) is 12.8. The zero-order chi connectivity index (χ0) is 16.7. The molecule has 0 saturated carbocycles. The molecule has 0 radical (unpaired) electrons. The molecule has 122 valence electrons. The molecule has 6 heteroatoms. The third kappa shape index (κ3) is 2.41. The van der Waals surface area contributed by atoms with Crippen molar-refractivity contribution >= 4 is 16.7 Å². The Kier molecular flexibility index (Phi) is 3.46. The maximum atomic E-state index is 12.4. The van der Waals surface area contributed by atoms with Crippen LogP contribution in [0.25, 0.3) is 22.2 Å². The number of pyridine rings is 1. The summed E-state index contributed by atoms with van der Waals surface area (Å²) >= 11 is 0. The van der Waals surface area contributed by atoms with E-state index in [0.29, 0.717) is 23.3 Å². The number of aromatic amines is 1. The van der Waals surface area contributed by atoms with Crippen molar-refractivity contribution in [3.63, 3.8) is 0 Å². The summed E-state index contributed by atoms with van der Waals surface area (Å²) < 4.78 is 5.32. The Labute approximate surface area is 137 Å². The van der Waals surface area contributed by atoms with Crippen LogP contribution in [0.4, 0.5) is 0 Å². The van der Waals surface area contributed by atoms with Crippen LogP contribution in [-0.4, -0.2) is 28.6 Å². The van der Waals surface area contributed by atoms with Gasteiger partial charge in [-0.3, -0.25) is 9.59 Å². The standard InChI is InChI=1S/C18H16N2O4/c21-9-12-8-14(17(22)19-12)10-3-4-11-7-15(16-2-1-5-24-16)20-18(23)13(11)6-10/h1-7,12,14,21H,8-9H2,(H,19,22)(H,20,23)/t12?,14-/m1/s1. The van der Waals surface area contributed by atoms with Gasteiger partial charge in [-0.25, -0.2) is 0 Å². The monoisotopic (exact) mass is 324 g/mol. The van der Waals surface area contributed by atoms with Crippen molar-refractivity contribution in [3.8, 4) is 11.5 Å². The molecule has 0 spiro atoms. The Morgan fingerprint density at radius 2 is 2.08 bits per heavy atom. The number of aliphatic hydroxyl groups is 1. The summed E-state index contributed by atoms with van der Waals surface area (Å²) in [7, 11) is 0. The number of rotatable bonds is 3. The van der Waals surface area contributed by atoms with Crippen molar-refractivity contribution in [2.45, 2.75) is 18.4 Å². The van der Waals surface area contributed by atoms with Gasteiger partial charge in [-0.2, -0.15) is 0 Å². The minimum absolute atomic E-state index is 0.0804. The lowest BCUT2D eigenvalue weighted by Gasteiger charge is -2.09. The lowest BCUT2D eigenvalue weighted by molar-refractivity contribution is -0.120. The lowest BCUT2D eigenvalue weighted by atomic mass is 9.94. The van der Waals surface area contributed by atoms with Gasteiger partial charge in [0.05, 0.1) is 30.5 Å². The van der Waals surface area contributed by atoms with E-state index in [9.17, 15) is 14.7 Å². The molecule has 1 aliphatic heterocycles. The van der Waals surface area contributed by atoms with Gasteiger partial charge in [0, 0.05) is 5.39 Å². The molecule has 1 aromatic carbocycles. The molecule has 0 aliphatic carbocycles. The summed E-state index contributed by atoms with van der Waals surface area (Å²) in [5.74, 6) is 0.145. The molecule has 1 amide bonds. The van der Waals surface area contributed by atoms with Crippen LogP contribution in [-0.2, 0) is 4.79 Å². The normalized spacial score (nSPS) is 20.5. The molecular weight excluding hydrogens is 308 g/mol. The Morgan fingerprint density at radius 3 is 2.79 bits per heavy atom. The summed E-state index contributed by atoms with van der Waals surface area (Å²) in [6, 6.07) is 10.6. The van der Waals surface area contributed by atoms with E-state index in [1.54, 1.807) is 24.5 Å². The number of nitrogens with one attached hydrogen (secondary N) is 2. The van der Waals surface area contributed by atoms with Gasteiger partial charge in [-0.05, 0) is 41.6 Å². The molecule has 6 nitrogen and oxygen atoms in total. The summed E-state index contributed by atoms with van der Waals surface area (Å²) in [6.45, 7) is -0.0804. The lowest BCUT2D eigenvalue weighted by Crippen LogP contribution is -2.28. The van der Waals surface area contributed by atoms with Crippen LogP contribution in [0.5, 0.6) is 0 Å². The van der Waals surface area contributed by atoms with E-state index < -0.39 is 0 Å². The van der Waals surface area contributed by atoms with Gasteiger partial charge in [0.15, 0.2) is 0 Å². The van der Waals surface area contributed by atoms with Gasteiger partial charge >= 0.3 is 0 Å². The van der Waals surface area contributed by atoms with Crippen LogP contribution in [0.3, 0.4) is 0 Å². The topological polar surface area (TPSA) is 95.3 Å². The molecule has 4 rings (SSSR count). The first kappa shape index (κ1) is 14.7. The molecule has 1 unspecified atom stereocenters. The summed E-state index contributed by atoms with van der Waals surface area (Å²) in [4.78, 5) is 27.3. The minimum atomic E-state index is -0.337. The number of hydrogen-bond donors (Lipinski definition) is 3. The number of amides is 1. The molecule has 3 N–H and O–H groups in total. The molecule has 2 aromatic heterocycles. The molecule has 1 aliphatic rings. The Hall–Kier alpha value is -2.86. The quantitative estimate of drug-likeness (QED) is 0.684. The number of benzene rings is 1. The first-order valence-corrected chi connectivity index (χ1v) is 7.78. The van der Waals surface area contributed by atoms with E-state index in [1.165, 1.54) is 0 Å². The van der Waals surface area contributed by atoms with E-state index in [2.05, 4.69) is 10.3 Å². The van der Waals surface area contributed by atoms with Gasteiger partial charge in [0.25, 0.3) is 5.56 Å². The number of aromatic nitrogens is 1. The van der Waals surface area contributed by atoms with E-state index >= 15 is 0 Å². The maximum absolute atomic E-state index is 12.4. The third-order valence-electron chi connectivity index (χ3n) is 4.46. The number of carbonyl (C=O) groups is 1. The largest absolute Gasteiger partial charge is 0.463 e. The molecule has 1 fully saturated rings. The van der Waals surface area contributed by atoms with Crippen LogP contribution < -0.4 is 10.9 Å². The van der Waals surface area contributed by atoms with Gasteiger partial charge in [0.2, 0.25) is 5.91 Å². The first-order valence-electron chi connectivity index (χ1n) is 7.78. The van der Waals surface area contributed by atoms with E-state index in [0.717, 1.165) is 10.9 Å². The van der Waals surface area contributed by atoms with E-state index in [4.69, 9.17) is 4.42 Å². The number of aliphatic hydroxyl groups excluding tert-OH is 1. The minimum Gasteiger partial charge on any atom is -0.463 e.